The van der Waals surface area contributed by atoms with Gasteiger partial charge in [0, 0.05) is 25.3 Å². The minimum Gasteiger partial charge on any atom is -0.377 e. The fraction of sp³-hybridized carbons (Fsp3) is 0.500. The van der Waals surface area contributed by atoms with Gasteiger partial charge in [0.25, 0.3) is 0 Å². The second kappa shape index (κ2) is 6.84. The Morgan fingerprint density at radius 3 is 2.94 bits per heavy atom. The molecular formula is C12H17ClFNO. The van der Waals surface area contributed by atoms with Crippen molar-refractivity contribution in [2.24, 2.45) is 0 Å². The normalized spacial score (nSPS) is 12.8. The third-order valence-corrected chi connectivity index (χ3v) is 2.52. The van der Waals surface area contributed by atoms with Crippen molar-refractivity contribution in [3.63, 3.8) is 0 Å². The largest absolute Gasteiger partial charge is 0.377 e. The molecule has 0 aromatic heterocycles. The van der Waals surface area contributed by atoms with E-state index in [9.17, 15) is 4.39 Å². The molecule has 2 nitrogen and oxygen atoms in total. The zero-order chi connectivity index (χ0) is 12.0. The standard InChI is InChI=1S/C12H17ClFNO/c1-3-16-9(2)7-15-8-10-5-4-6-11(13)12(10)14/h4-6,9,15H,3,7-8H2,1-2H3. The molecule has 1 rings (SSSR count). The first-order chi connectivity index (χ1) is 7.65. The molecule has 4 heteroatoms. The van der Waals surface area contributed by atoms with Crippen LogP contribution in [0, 0.1) is 5.82 Å². The van der Waals surface area contributed by atoms with Crippen LogP contribution in [0.1, 0.15) is 19.4 Å². The molecule has 0 heterocycles. The van der Waals surface area contributed by atoms with Gasteiger partial charge in [0.05, 0.1) is 11.1 Å². The Morgan fingerprint density at radius 1 is 1.50 bits per heavy atom. The van der Waals surface area contributed by atoms with Crippen LogP contribution in [0.15, 0.2) is 18.2 Å². The average molecular weight is 246 g/mol. The minimum absolute atomic E-state index is 0.132. The summed E-state index contributed by atoms with van der Waals surface area (Å²) in [6.07, 6.45) is 0.132. The van der Waals surface area contributed by atoms with Crippen molar-refractivity contribution in [2.45, 2.75) is 26.5 Å². The Bertz CT molecular complexity index is 333. The van der Waals surface area contributed by atoms with E-state index >= 15 is 0 Å². The Kier molecular flexibility index (Phi) is 5.74. The summed E-state index contributed by atoms with van der Waals surface area (Å²) in [5.41, 5.74) is 0.580. The summed E-state index contributed by atoms with van der Waals surface area (Å²) < 4.78 is 18.8. The van der Waals surface area contributed by atoms with Crippen LogP contribution in [-0.4, -0.2) is 19.3 Å². The highest BCUT2D eigenvalue weighted by Crippen LogP contribution is 2.17. The van der Waals surface area contributed by atoms with E-state index in [2.05, 4.69) is 5.32 Å². The number of benzene rings is 1. The topological polar surface area (TPSA) is 21.3 Å². The highest BCUT2D eigenvalue weighted by atomic mass is 35.5. The van der Waals surface area contributed by atoms with Crippen LogP contribution in [0.4, 0.5) is 4.39 Å². The lowest BCUT2D eigenvalue weighted by Crippen LogP contribution is -2.26. The van der Waals surface area contributed by atoms with Gasteiger partial charge in [0.1, 0.15) is 5.82 Å². The van der Waals surface area contributed by atoms with E-state index in [0.29, 0.717) is 25.3 Å². The molecule has 1 aromatic carbocycles. The molecule has 0 saturated heterocycles. The SMILES string of the molecule is CCOC(C)CNCc1cccc(Cl)c1F. The minimum atomic E-state index is -0.347. The smallest absolute Gasteiger partial charge is 0.146 e. The molecule has 90 valence electrons. The van der Waals surface area contributed by atoms with Crippen LogP contribution in [-0.2, 0) is 11.3 Å². The first-order valence-corrected chi connectivity index (χ1v) is 5.78. The third-order valence-electron chi connectivity index (χ3n) is 2.23. The number of ether oxygens (including phenoxy) is 1. The summed E-state index contributed by atoms with van der Waals surface area (Å²) in [5.74, 6) is -0.347. The number of hydrogen-bond acceptors (Lipinski definition) is 2. The zero-order valence-electron chi connectivity index (χ0n) is 9.59. The van der Waals surface area contributed by atoms with Crippen LogP contribution in [0.3, 0.4) is 0 Å². The lowest BCUT2D eigenvalue weighted by Gasteiger charge is -2.13. The van der Waals surface area contributed by atoms with Crippen LogP contribution >= 0.6 is 11.6 Å². The molecule has 16 heavy (non-hydrogen) atoms. The molecule has 0 amide bonds. The van der Waals surface area contributed by atoms with Crippen molar-refractivity contribution < 1.29 is 9.13 Å². The highest BCUT2D eigenvalue weighted by molar-refractivity contribution is 6.30. The molecule has 0 saturated carbocycles. The second-order valence-corrected chi connectivity index (χ2v) is 4.02. The quantitative estimate of drug-likeness (QED) is 0.832. The number of nitrogens with one attached hydrogen (secondary N) is 1. The Labute approximate surface area is 101 Å². The molecule has 0 bridgehead atoms. The maximum absolute atomic E-state index is 13.5. The Balaban J connectivity index is 2.40. The Morgan fingerprint density at radius 2 is 2.25 bits per heavy atom. The maximum Gasteiger partial charge on any atom is 0.146 e. The lowest BCUT2D eigenvalue weighted by atomic mass is 10.2. The first kappa shape index (κ1) is 13.4. The van der Waals surface area contributed by atoms with Gasteiger partial charge in [-0.25, -0.2) is 4.39 Å². The summed E-state index contributed by atoms with van der Waals surface area (Å²) >= 11 is 5.68. The zero-order valence-corrected chi connectivity index (χ0v) is 10.4. The van der Waals surface area contributed by atoms with E-state index in [-0.39, 0.29) is 16.9 Å². The molecule has 0 radical (unpaired) electrons. The van der Waals surface area contributed by atoms with Crippen molar-refractivity contribution in [3.8, 4) is 0 Å². The Hall–Kier alpha value is -0.640. The molecule has 0 spiro atoms. The molecule has 1 N–H and O–H groups in total. The van der Waals surface area contributed by atoms with E-state index < -0.39 is 0 Å². The van der Waals surface area contributed by atoms with Gasteiger partial charge >= 0.3 is 0 Å². The van der Waals surface area contributed by atoms with Crippen LogP contribution < -0.4 is 5.32 Å². The van der Waals surface area contributed by atoms with E-state index in [0.717, 1.165) is 0 Å². The molecule has 0 aliphatic heterocycles. The first-order valence-electron chi connectivity index (χ1n) is 5.40. The summed E-state index contributed by atoms with van der Waals surface area (Å²) in [4.78, 5) is 0. The van der Waals surface area contributed by atoms with E-state index in [4.69, 9.17) is 16.3 Å². The van der Waals surface area contributed by atoms with Gasteiger partial charge in [-0.15, -0.1) is 0 Å². The molecule has 0 aliphatic carbocycles. The van der Waals surface area contributed by atoms with Crippen LogP contribution in [0.25, 0.3) is 0 Å². The van der Waals surface area contributed by atoms with Gasteiger partial charge in [-0.3, -0.25) is 0 Å². The van der Waals surface area contributed by atoms with Crippen molar-refractivity contribution in [2.75, 3.05) is 13.2 Å². The molecule has 0 fully saturated rings. The fourth-order valence-electron chi connectivity index (χ4n) is 1.44. The maximum atomic E-state index is 13.5. The van der Waals surface area contributed by atoms with Gasteiger partial charge in [0.2, 0.25) is 0 Å². The summed E-state index contributed by atoms with van der Waals surface area (Å²) in [6.45, 7) is 5.77. The van der Waals surface area contributed by atoms with Gasteiger partial charge in [-0.2, -0.15) is 0 Å². The summed E-state index contributed by atoms with van der Waals surface area (Å²) in [7, 11) is 0. The number of halogens is 2. The van der Waals surface area contributed by atoms with Crippen molar-refractivity contribution in [3.05, 3.63) is 34.6 Å². The van der Waals surface area contributed by atoms with Crippen molar-refractivity contribution >= 4 is 11.6 Å². The highest BCUT2D eigenvalue weighted by Gasteiger charge is 2.06. The van der Waals surface area contributed by atoms with E-state index in [1.54, 1.807) is 18.2 Å². The summed E-state index contributed by atoms with van der Waals surface area (Å²) in [5, 5.41) is 3.29. The number of rotatable bonds is 6. The van der Waals surface area contributed by atoms with E-state index in [1.807, 2.05) is 13.8 Å². The predicted octanol–water partition coefficient (Wildman–Crippen LogP) is 2.99. The predicted molar refractivity (Wildman–Crippen MR) is 64.2 cm³/mol. The molecule has 0 aliphatic rings. The molecule has 1 atom stereocenters. The monoisotopic (exact) mass is 245 g/mol. The van der Waals surface area contributed by atoms with Gasteiger partial charge < -0.3 is 10.1 Å². The number of hydrogen-bond donors (Lipinski definition) is 1. The average Bonchev–Trinajstić information content (AvgIpc) is 2.25. The van der Waals surface area contributed by atoms with Gasteiger partial charge in [0.15, 0.2) is 0 Å². The van der Waals surface area contributed by atoms with E-state index in [1.165, 1.54) is 0 Å². The van der Waals surface area contributed by atoms with Crippen molar-refractivity contribution in [1.82, 2.24) is 5.32 Å². The van der Waals surface area contributed by atoms with Gasteiger partial charge in [-0.05, 0) is 19.9 Å². The molecule has 1 unspecified atom stereocenters. The van der Waals surface area contributed by atoms with Crippen molar-refractivity contribution in [1.29, 1.82) is 0 Å². The van der Waals surface area contributed by atoms with Gasteiger partial charge in [-0.1, -0.05) is 23.7 Å². The van der Waals surface area contributed by atoms with Crippen LogP contribution in [0.2, 0.25) is 5.02 Å². The fourth-order valence-corrected chi connectivity index (χ4v) is 1.63. The third kappa shape index (κ3) is 4.08. The molecular weight excluding hydrogens is 229 g/mol. The molecule has 1 aromatic rings. The van der Waals surface area contributed by atoms with Crippen LogP contribution in [0.5, 0.6) is 0 Å². The lowest BCUT2D eigenvalue weighted by molar-refractivity contribution is 0.0759. The second-order valence-electron chi connectivity index (χ2n) is 3.61. The summed E-state index contributed by atoms with van der Waals surface area (Å²) in [6, 6.07) is 5.01.